The summed E-state index contributed by atoms with van der Waals surface area (Å²) in [7, 11) is 5.91. The fraction of sp³-hybridized carbons (Fsp3) is 0.611. The summed E-state index contributed by atoms with van der Waals surface area (Å²) in [6, 6.07) is 9.37. The molecule has 1 aliphatic heterocycles. The largest absolute Gasteiger partial charge is 0.375 e. The average molecular weight is 302 g/mol. The lowest BCUT2D eigenvalue weighted by molar-refractivity contribution is -0.136. The van der Waals surface area contributed by atoms with Crippen LogP contribution in [0.25, 0.3) is 0 Å². The highest BCUT2D eigenvalue weighted by molar-refractivity contribution is 5.77. The second-order valence-corrected chi connectivity index (χ2v) is 6.86. The zero-order valence-corrected chi connectivity index (χ0v) is 13.8. The average Bonchev–Trinajstić information content (AvgIpc) is 2.84. The van der Waals surface area contributed by atoms with Gasteiger partial charge in [0.15, 0.2) is 0 Å². The molecule has 1 aliphatic carbocycles. The summed E-state index contributed by atoms with van der Waals surface area (Å²) in [4.78, 5) is 16.3. The first-order chi connectivity index (χ1) is 10.6. The van der Waals surface area contributed by atoms with Crippen LogP contribution in [0, 0.1) is 0 Å². The molecule has 2 aliphatic rings. The second-order valence-electron chi connectivity index (χ2n) is 6.86. The van der Waals surface area contributed by atoms with Gasteiger partial charge < -0.3 is 14.5 Å². The highest BCUT2D eigenvalue weighted by atomic mass is 16.5. The van der Waals surface area contributed by atoms with E-state index in [1.807, 2.05) is 4.90 Å². The minimum atomic E-state index is 0.118. The maximum absolute atomic E-state index is 12.0. The van der Waals surface area contributed by atoms with Crippen LogP contribution >= 0.6 is 0 Å². The van der Waals surface area contributed by atoms with E-state index in [1.165, 1.54) is 17.5 Å². The first-order valence-electron chi connectivity index (χ1n) is 8.10. The fourth-order valence-electron chi connectivity index (χ4n) is 4.19. The zero-order valence-electron chi connectivity index (χ0n) is 13.8. The summed E-state index contributed by atoms with van der Waals surface area (Å²) in [5, 5.41) is 0. The summed E-state index contributed by atoms with van der Waals surface area (Å²) in [5.41, 5.74) is 3.23. The number of fused-ring (bicyclic) bond motifs is 2. The van der Waals surface area contributed by atoms with Gasteiger partial charge in [0, 0.05) is 31.7 Å². The van der Waals surface area contributed by atoms with E-state index in [9.17, 15) is 4.79 Å². The van der Waals surface area contributed by atoms with Gasteiger partial charge in [-0.25, -0.2) is 0 Å². The summed E-state index contributed by atoms with van der Waals surface area (Å²) in [6.45, 7) is 1.89. The van der Waals surface area contributed by atoms with Crippen LogP contribution in [0.5, 0.6) is 0 Å². The first-order valence-corrected chi connectivity index (χ1v) is 8.10. The number of benzene rings is 1. The van der Waals surface area contributed by atoms with Gasteiger partial charge in [-0.3, -0.25) is 4.79 Å². The van der Waals surface area contributed by atoms with Gasteiger partial charge in [-0.2, -0.15) is 0 Å². The molecule has 3 rings (SSSR count). The molecule has 1 aromatic carbocycles. The molecule has 120 valence electrons. The Hall–Kier alpha value is -1.39. The minimum absolute atomic E-state index is 0.118. The lowest BCUT2D eigenvalue weighted by Crippen LogP contribution is -2.45. The van der Waals surface area contributed by atoms with Crippen molar-refractivity contribution in [3.63, 3.8) is 0 Å². The van der Waals surface area contributed by atoms with Crippen molar-refractivity contribution in [2.75, 3.05) is 40.9 Å². The van der Waals surface area contributed by atoms with Crippen molar-refractivity contribution in [3.8, 4) is 0 Å². The van der Waals surface area contributed by atoms with Crippen LogP contribution in [0.2, 0.25) is 0 Å². The predicted octanol–water partition coefficient (Wildman–Crippen LogP) is 2.20. The molecule has 0 aromatic heterocycles. The van der Waals surface area contributed by atoms with Crippen molar-refractivity contribution >= 4 is 5.91 Å². The Morgan fingerprint density at radius 3 is 2.64 bits per heavy atom. The molecule has 4 nitrogen and oxygen atoms in total. The van der Waals surface area contributed by atoms with Crippen molar-refractivity contribution in [2.45, 2.75) is 30.7 Å². The summed E-state index contributed by atoms with van der Waals surface area (Å²) in [6.07, 6.45) is 3.29. The number of hydrogen-bond acceptors (Lipinski definition) is 3. The number of nitrogens with zero attached hydrogens (tertiary/aromatic N) is 2. The molecule has 0 radical (unpaired) electrons. The Morgan fingerprint density at radius 1 is 1.32 bits per heavy atom. The van der Waals surface area contributed by atoms with Crippen LogP contribution in [0.1, 0.15) is 36.4 Å². The number of piperidine rings is 1. The van der Waals surface area contributed by atoms with E-state index in [0.29, 0.717) is 6.04 Å². The third-order valence-electron chi connectivity index (χ3n) is 5.44. The fourth-order valence-corrected chi connectivity index (χ4v) is 4.19. The molecule has 1 fully saturated rings. The molecule has 0 N–H and O–H groups in total. The van der Waals surface area contributed by atoms with Gasteiger partial charge in [0.25, 0.3) is 0 Å². The van der Waals surface area contributed by atoms with Gasteiger partial charge in [-0.1, -0.05) is 24.3 Å². The van der Waals surface area contributed by atoms with Gasteiger partial charge in [-0.05, 0) is 44.5 Å². The van der Waals surface area contributed by atoms with Crippen molar-refractivity contribution in [2.24, 2.45) is 0 Å². The molecule has 1 spiro atoms. The molecule has 1 unspecified atom stereocenters. The number of likely N-dealkylation sites (tertiary alicyclic amines) is 1. The molecule has 1 saturated heterocycles. The zero-order chi connectivity index (χ0) is 15.7. The Bertz CT molecular complexity index is 548. The molecular weight excluding hydrogens is 276 g/mol. The van der Waals surface area contributed by atoms with Crippen LogP contribution in [0.15, 0.2) is 24.3 Å². The molecule has 1 atom stereocenters. The standard InChI is InChI=1S/C18H26N2O2/c1-19(2)16-12-18(15-7-5-4-6-14(15)16)8-10-20(11-9-18)17(21)13-22-3/h4-7,16H,8-13H2,1-3H3. The SMILES string of the molecule is COCC(=O)N1CCC2(CC1)CC(N(C)C)c1ccccc12. The van der Waals surface area contributed by atoms with Gasteiger partial charge in [-0.15, -0.1) is 0 Å². The molecule has 1 heterocycles. The van der Waals surface area contributed by atoms with E-state index >= 15 is 0 Å². The van der Waals surface area contributed by atoms with E-state index in [-0.39, 0.29) is 17.9 Å². The molecule has 1 amide bonds. The van der Waals surface area contributed by atoms with Crippen molar-refractivity contribution < 1.29 is 9.53 Å². The van der Waals surface area contributed by atoms with Gasteiger partial charge in [0.05, 0.1) is 0 Å². The Labute approximate surface area is 133 Å². The molecule has 4 heteroatoms. The highest BCUT2D eigenvalue weighted by Gasteiger charge is 2.46. The van der Waals surface area contributed by atoms with Gasteiger partial charge in [0.2, 0.25) is 5.91 Å². The topological polar surface area (TPSA) is 32.8 Å². The lowest BCUT2D eigenvalue weighted by Gasteiger charge is -2.40. The molecule has 0 saturated carbocycles. The van der Waals surface area contributed by atoms with Crippen LogP contribution in [0.4, 0.5) is 0 Å². The Morgan fingerprint density at radius 2 is 2.00 bits per heavy atom. The third kappa shape index (κ3) is 2.55. The number of carbonyl (C=O) groups is 1. The van der Waals surface area contributed by atoms with Crippen LogP contribution in [0.3, 0.4) is 0 Å². The van der Waals surface area contributed by atoms with Crippen molar-refractivity contribution in [1.29, 1.82) is 0 Å². The van der Waals surface area contributed by atoms with Gasteiger partial charge in [0.1, 0.15) is 6.61 Å². The van der Waals surface area contributed by atoms with E-state index in [4.69, 9.17) is 4.74 Å². The number of carbonyl (C=O) groups excluding carboxylic acids is 1. The monoisotopic (exact) mass is 302 g/mol. The first kappa shape index (κ1) is 15.5. The molecule has 22 heavy (non-hydrogen) atoms. The van der Waals surface area contributed by atoms with Gasteiger partial charge >= 0.3 is 0 Å². The van der Waals surface area contributed by atoms with E-state index in [2.05, 4.69) is 43.3 Å². The van der Waals surface area contributed by atoms with E-state index < -0.39 is 0 Å². The maximum Gasteiger partial charge on any atom is 0.248 e. The molecular formula is C18H26N2O2. The summed E-state index contributed by atoms with van der Waals surface area (Å²) in [5.74, 6) is 0.118. The molecule has 0 bridgehead atoms. The summed E-state index contributed by atoms with van der Waals surface area (Å²) < 4.78 is 4.98. The number of ether oxygens (including phenoxy) is 1. The smallest absolute Gasteiger partial charge is 0.248 e. The number of hydrogen-bond donors (Lipinski definition) is 0. The second kappa shape index (κ2) is 6.01. The quantitative estimate of drug-likeness (QED) is 0.858. The normalized spacial score (nSPS) is 23.1. The third-order valence-corrected chi connectivity index (χ3v) is 5.44. The number of rotatable bonds is 3. The van der Waals surface area contributed by atoms with E-state index in [0.717, 1.165) is 25.9 Å². The van der Waals surface area contributed by atoms with Crippen molar-refractivity contribution in [1.82, 2.24) is 9.80 Å². The van der Waals surface area contributed by atoms with E-state index in [1.54, 1.807) is 7.11 Å². The lowest BCUT2D eigenvalue weighted by atomic mass is 9.73. The number of methoxy groups -OCH3 is 1. The number of amides is 1. The summed E-state index contributed by atoms with van der Waals surface area (Å²) >= 11 is 0. The minimum Gasteiger partial charge on any atom is -0.375 e. The predicted molar refractivity (Wildman–Crippen MR) is 86.9 cm³/mol. The Balaban J connectivity index is 1.80. The molecule has 1 aromatic rings. The van der Waals surface area contributed by atoms with Crippen LogP contribution in [-0.4, -0.2) is 56.6 Å². The highest BCUT2D eigenvalue weighted by Crippen LogP contribution is 2.52. The van der Waals surface area contributed by atoms with Crippen LogP contribution < -0.4 is 0 Å². The Kier molecular flexibility index (Phi) is 4.24. The van der Waals surface area contributed by atoms with Crippen molar-refractivity contribution in [3.05, 3.63) is 35.4 Å². The van der Waals surface area contributed by atoms with Crippen LogP contribution in [-0.2, 0) is 14.9 Å². The maximum atomic E-state index is 12.0.